The van der Waals surface area contributed by atoms with Gasteiger partial charge in [-0.05, 0) is 17.2 Å². The van der Waals surface area contributed by atoms with Crippen LogP contribution in [0, 0.1) is 11.3 Å². The lowest BCUT2D eigenvalue weighted by Crippen LogP contribution is -1.80. The monoisotopic (exact) mass is 157 g/mol. The molecule has 1 aliphatic rings. The normalized spacial score (nSPS) is 12.8. The summed E-state index contributed by atoms with van der Waals surface area (Å²) in [5, 5.41) is 12.5. The fourth-order valence-corrected chi connectivity index (χ4v) is 1.41. The first kappa shape index (κ1) is 6.93. The molecule has 2 rings (SSSR count). The second-order valence-electron chi connectivity index (χ2n) is 2.75. The van der Waals surface area contributed by atoms with Crippen LogP contribution in [0.2, 0.25) is 0 Å². The molecular weight excluding hydrogens is 150 g/mol. The Morgan fingerprint density at radius 1 is 1.33 bits per heavy atom. The van der Waals surface area contributed by atoms with Gasteiger partial charge in [0.2, 0.25) is 0 Å². The third-order valence-corrected chi connectivity index (χ3v) is 1.95. The molecule has 0 amide bonds. The highest BCUT2D eigenvalue weighted by Gasteiger charge is 2.12. The first-order valence-corrected chi connectivity index (χ1v) is 3.77. The van der Waals surface area contributed by atoms with Crippen LogP contribution in [-0.4, -0.2) is 0 Å². The van der Waals surface area contributed by atoms with E-state index in [1.165, 1.54) is 11.1 Å². The second kappa shape index (κ2) is 2.71. The molecule has 0 saturated heterocycles. The SMILES string of the molecule is [O-][N+]#CC1=Cc2ccccc2C1. The predicted octanol–water partition coefficient (Wildman–Crippen LogP) is 2.46. The van der Waals surface area contributed by atoms with Crippen LogP contribution in [0.25, 0.3) is 11.1 Å². The van der Waals surface area contributed by atoms with E-state index < -0.39 is 0 Å². The Hall–Kier alpha value is -1.75. The third kappa shape index (κ3) is 1.06. The van der Waals surface area contributed by atoms with Crippen molar-refractivity contribution in [3.63, 3.8) is 0 Å². The largest absolute Gasteiger partial charge is 0.498 e. The van der Waals surface area contributed by atoms with Crippen molar-refractivity contribution in [1.82, 2.24) is 0 Å². The van der Waals surface area contributed by atoms with E-state index in [9.17, 15) is 5.21 Å². The molecule has 0 aromatic heterocycles. The summed E-state index contributed by atoms with van der Waals surface area (Å²) in [6.45, 7) is 0. The van der Waals surface area contributed by atoms with Crippen LogP contribution in [0.3, 0.4) is 0 Å². The maximum absolute atomic E-state index is 9.91. The van der Waals surface area contributed by atoms with E-state index in [-0.39, 0.29) is 0 Å². The summed E-state index contributed by atoms with van der Waals surface area (Å²) in [4.78, 5) is 0. The average molecular weight is 157 g/mol. The zero-order chi connectivity index (χ0) is 8.39. The lowest BCUT2D eigenvalue weighted by atomic mass is 10.1. The average Bonchev–Trinajstić information content (AvgIpc) is 2.47. The number of benzene rings is 1. The Bertz CT molecular complexity index is 396. The minimum absolute atomic E-state index is 0.780. The predicted molar refractivity (Wildman–Crippen MR) is 48.7 cm³/mol. The van der Waals surface area contributed by atoms with Crippen LogP contribution in [0.4, 0.5) is 0 Å². The molecule has 12 heavy (non-hydrogen) atoms. The van der Waals surface area contributed by atoms with Gasteiger partial charge in [0.05, 0.1) is 5.57 Å². The third-order valence-electron chi connectivity index (χ3n) is 1.95. The number of nitrogens with zero attached hydrogens (tertiary/aromatic N) is 1. The number of allylic oxidation sites excluding steroid dienone is 1. The van der Waals surface area contributed by atoms with Crippen molar-refractivity contribution >= 4 is 6.08 Å². The fraction of sp³-hybridized carbons (Fsp3) is 0.100. The van der Waals surface area contributed by atoms with E-state index in [2.05, 4.69) is 11.1 Å². The highest BCUT2D eigenvalue weighted by Crippen LogP contribution is 2.23. The van der Waals surface area contributed by atoms with E-state index in [4.69, 9.17) is 0 Å². The molecule has 58 valence electrons. The Labute approximate surface area is 70.5 Å². The molecule has 0 spiro atoms. The van der Waals surface area contributed by atoms with Crippen molar-refractivity contribution in [1.29, 1.82) is 0 Å². The van der Waals surface area contributed by atoms with Gasteiger partial charge in [0.25, 0.3) is 0 Å². The molecule has 1 aromatic carbocycles. The van der Waals surface area contributed by atoms with Gasteiger partial charge in [0, 0.05) is 11.4 Å². The first-order valence-electron chi connectivity index (χ1n) is 3.77. The highest BCUT2D eigenvalue weighted by molar-refractivity contribution is 5.67. The van der Waals surface area contributed by atoms with Crippen molar-refractivity contribution in [3.8, 4) is 6.07 Å². The molecule has 0 atom stereocenters. The minimum atomic E-state index is 0.780. The molecule has 0 heterocycles. The molecule has 1 aliphatic carbocycles. The van der Waals surface area contributed by atoms with Gasteiger partial charge in [-0.15, -0.1) is 0 Å². The van der Waals surface area contributed by atoms with Crippen molar-refractivity contribution in [2.24, 2.45) is 0 Å². The van der Waals surface area contributed by atoms with Crippen LogP contribution < -0.4 is 0 Å². The fourth-order valence-electron chi connectivity index (χ4n) is 1.41. The molecule has 0 fully saturated rings. The van der Waals surface area contributed by atoms with Crippen LogP contribution in [-0.2, 0) is 6.42 Å². The minimum Gasteiger partial charge on any atom is -0.498 e. The molecular formula is C10H7NO. The van der Waals surface area contributed by atoms with Gasteiger partial charge in [-0.1, -0.05) is 24.3 Å². The van der Waals surface area contributed by atoms with Crippen molar-refractivity contribution in [3.05, 3.63) is 51.2 Å². The van der Waals surface area contributed by atoms with Gasteiger partial charge in [-0.3, -0.25) is 0 Å². The quantitative estimate of drug-likeness (QED) is 0.531. The van der Waals surface area contributed by atoms with Gasteiger partial charge in [0.15, 0.2) is 0 Å². The lowest BCUT2D eigenvalue weighted by molar-refractivity contribution is 1.26. The summed E-state index contributed by atoms with van der Waals surface area (Å²) < 4.78 is 0. The van der Waals surface area contributed by atoms with Crippen LogP contribution in [0.15, 0.2) is 29.8 Å². The molecule has 0 unspecified atom stereocenters. The maximum Gasteiger partial charge on any atom is 0.332 e. The first-order chi connectivity index (χ1) is 5.90. The summed E-state index contributed by atoms with van der Waals surface area (Å²) in [7, 11) is 0. The molecule has 2 nitrogen and oxygen atoms in total. The summed E-state index contributed by atoms with van der Waals surface area (Å²) in [5.74, 6) is 0. The maximum atomic E-state index is 9.91. The van der Waals surface area contributed by atoms with E-state index in [0.29, 0.717) is 0 Å². The van der Waals surface area contributed by atoms with E-state index >= 15 is 0 Å². The molecule has 1 aromatic rings. The van der Waals surface area contributed by atoms with Gasteiger partial charge in [0.1, 0.15) is 0 Å². The standard InChI is InChI=1S/C10H7NO/c12-11-7-8-5-9-3-1-2-4-10(9)6-8/h1-5H,6H2. The van der Waals surface area contributed by atoms with E-state index in [1.54, 1.807) is 0 Å². The van der Waals surface area contributed by atoms with Gasteiger partial charge in [-0.25, -0.2) is 0 Å². The Balaban J connectivity index is 2.39. The van der Waals surface area contributed by atoms with E-state index in [1.807, 2.05) is 30.3 Å². The Morgan fingerprint density at radius 3 is 2.92 bits per heavy atom. The molecule has 0 bridgehead atoms. The Morgan fingerprint density at radius 2 is 2.17 bits per heavy atom. The Kier molecular flexibility index (Phi) is 1.56. The number of fused-ring (bicyclic) bond motifs is 1. The van der Waals surface area contributed by atoms with Crippen molar-refractivity contribution in [2.45, 2.75) is 6.42 Å². The van der Waals surface area contributed by atoms with Gasteiger partial charge < -0.3 is 5.21 Å². The molecule has 0 N–H and O–H groups in total. The van der Waals surface area contributed by atoms with Crippen molar-refractivity contribution < 1.29 is 0 Å². The van der Waals surface area contributed by atoms with Crippen LogP contribution in [0.1, 0.15) is 11.1 Å². The highest BCUT2D eigenvalue weighted by atomic mass is 16.4. The summed E-state index contributed by atoms with van der Waals surface area (Å²) in [6.07, 6.45) is 2.72. The number of hydrogen-bond acceptors (Lipinski definition) is 1. The number of hydrogen-bond donors (Lipinski definition) is 0. The second-order valence-corrected chi connectivity index (χ2v) is 2.75. The van der Waals surface area contributed by atoms with E-state index in [0.717, 1.165) is 12.0 Å². The molecule has 2 heteroatoms. The summed E-state index contributed by atoms with van der Waals surface area (Å²) in [5.41, 5.74) is 3.28. The topological polar surface area (TPSA) is 27.4 Å². The zero-order valence-electron chi connectivity index (χ0n) is 6.45. The van der Waals surface area contributed by atoms with Gasteiger partial charge >= 0.3 is 6.07 Å². The molecule has 0 aliphatic heterocycles. The van der Waals surface area contributed by atoms with Gasteiger partial charge in [-0.2, -0.15) is 0 Å². The molecule has 0 radical (unpaired) electrons. The number of rotatable bonds is 0. The smallest absolute Gasteiger partial charge is 0.332 e. The van der Waals surface area contributed by atoms with Crippen molar-refractivity contribution in [2.75, 3.05) is 0 Å². The lowest BCUT2D eigenvalue weighted by Gasteiger charge is -1.93. The summed E-state index contributed by atoms with van der Waals surface area (Å²) >= 11 is 0. The molecule has 0 saturated carbocycles. The van der Waals surface area contributed by atoms with Crippen LogP contribution in [0.5, 0.6) is 0 Å². The van der Waals surface area contributed by atoms with Crippen LogP contribution >= 0.6 is 0 Å². The summed E-state index contributed by atoms with van der Waals surface area (Å²) in [6, 6.07) is 10.5. The zero-order valence-corrected chi connectivity index (χ0v) is 6.45.